The highest BCUT2D eigenvalue weighted by molar-refractivity contribution is 6.07. The van der Waals surface area contributed by atoms with Crippen molar-refractivity contribution in [2.24, 2.45) is 0 Å². The van der Waals surface area contributed by atoms with Crippen molar-refractivity contribution in [3.05, 3.63) is 17.5 Å². The summed E-state index contributed by atoms with van der Waals surface area (Å²) in [6, 6.07) is 1.49. The van der Waals surface area contributed by atoms with E-state index in [1.54, 1.807) is 6.07 Å². The number of nitrogens with one attached hydrogen (secondary N) is 3. The number of hydrogen-bond donors (Lipinski definition) is 3. The fourth-order valence-electron chi connectivity index (χ4n) is 3.78. The van der Waals surface area contributed by atoms with Crippen LogP contribution in [-0.4, -0.2) is 51.6 Å². The van der Waals surface area contributed by atoms with E-state index in [2.05, 4.69) is 20.8 Å². The number of amides is 4. The lowest BCUT2D eigenvalue weighted by atomic mass is 9.98. The van der Waals surface area contributed by atoms with Gasteiger partial charge in [0.05, 0.1) is 0 Å². The molecule has 2 aliphatic carbocycles. The van der Waals surface area contributed by atoms with Crippen LogP contribution >= 0.6 is 0 Å². The molecule has 1 aromatic heterocycles. The summed E-state index contributed by atoms with van der Waals surface area (Å²) in [4.78, 5) is 37.9. The van der Waals surface area contributed by atoms with Gasteiger partial charge in [0, 0.05) is 24.7 Å². The maximum Gasteiger partial charge on any atom is 0.325 e. The molecule has 2 heterocycles. The molecule has 1 saturated heterocycles. The molecule has 1 spiro atoms. The SMILES string of the molecule is O=C(NCCCN1C(=O)NC2(CCCC2)C1=O)c1cc(C2CC2)[nH]n1. The van der Waals surface area contributed by atoms with Crippen molar-refractivity contribution in [2.75, 3.05) is 13.1 Å². The van der Waals surface area contributed by atoms with Gasteiger partial charge in [0.1, 0.15) is 11.2 Å². The summed E-state index contributed by atoms with van der Waals surface area (Å²) in [5.41, 5.74) is 0.752. The highest BCUT2D eigenvalue weighted by Gasteiger charge is 2.51. The van der Waals surface area contributed by atoms with Crippen LogP contribution in [0.4, 0.5) is 4.79 Å². The van der Waals surface area contributed by atoms with Crippen LogP contribution in [0.3, 0.4) is 0 Å². The average molecular weight is 345 g/mol. The van der Waals surface area contributed by atoms with E-state index in [9.17, 15) is 14.4 Å². The molecule has 3 N–H and O–H groups in total. The van der Waals surface area contributed by atoms with Crippen molar-refractivity contribution < 1.29 is 14.4 Å². The first kappa shape index (κ1) is 16.1. The highest BCUT2D eigenvalue weighted by atomic mass is 16.2. The van der Waals surface area contributed by atoms with Gasteiger partial charge in [0.2, 0.25) is 0 Å². The molecule has 2 saturated carbocycles. The molecule has 4 rings (SSSR count). The predicted octanol–water partition coefficient (Wildman–Crippen LogP) is 1.27. The molecule has 0 radical (unpaired) electrons. The quantitative estimate of drug-likeness (QED) is 0.533. The zero-order valence-corrected chi connectivity index (χ0v) is 14.1. The lowest BCUT2D eigenvalue weighted by Crippen LogP contribution is -2.44. The Labute approximate surface area is 145 Å². The first-order chi connectivity index (χ1) is 12.1. The minimum atomic E-state index is -0.658. The molecule has 3 aliphatic rings. The van der Waals surface area contributed by atoms with Crippen molar-refractivity contribution in [3.63, 3.8) is 0 Å². The molecule has 4 amide bonds. The number of carbonyl (C=O) groups excluding carboxylic acids is 3. The van der Waals surface area contributed by atoms with Crippen LogP contribution in [0.5, 0.6) is 0 Å². The third kappa shape index (κ3) is 3.01. The number of aromatic amines is 1. The van der Waals surface area contributed by atoms with Crippen LogP contribution in [0.2, 0.25) is 0 Å². The van der Waals surface area contributed by atoms with E-state index in [1.165, 1.54) is 4.90 Å². The third-order valence-electron chi connectivity index (χ3n) is 5.39. The summed E-state index contributed by atoms with van der Waals surface area (Å²) in [6.07, 6.45) is 6.24. The Bertz CT molecular complexity index is 703. The van der Waals surface area contributed by atoms with Crippen LogP contribution in [-0.2, 0) is 4.79 Å². The van der Waals surface area contributed by atoms with Gasteiger partial charge >= 0.3 is 6.03 Å². The van der Waals surface area contributed by atoms with Crippen molar-refractivity contribution in [3.8, 4) is 0 Å². The number of nitrogens with zero attached hydrogens (tertiary/aromatic N) is 2. The van der Waals surface area contributed by atoms with E-state index in [0.717, 1.165) is 44.2 Å². The number of urea groups is 1. The maximum absolute atomic E-state index is 12.5. The highest BCUT2D eigenvalue weighted by Crippen LogP contribution is 2.39. The minimum absolute atomic E-state index is 0.109. The van der Waals surface area contributed by atoms with E-state index < -0.39 is 5.54 Å². The lowest BCUT2D eigenvalue weighted by molar-refractivity contribution is -0.131. The fraction of sp³-hybridized carbons (Fsp3) is 0.647. The van der Waals surface area contributed by atoms with Crippen molar-refractivity contribution in [2.45, 2.75) is 56.4 Å². The number of imide groups is 1. The molecule has 1 aliphatic heterocycles. The summed E-state index contributed by atoms with van der Waals surface area (Å²) in [5.74, 6) is 0.187. The Kier molecular flexibility index (Phi) is 3.97. The van der Waals surface area contributed by atoms with Gasteiger partial charge in [-0.05, 0) is 38.2 Å². The molecule has 134 valence electrons. The Morgan fingerprint density at radius 1 is 1.32 bits per heavy atom. The Hall–Kier alpha value is -2.38. The van der Waals surface area contributed by atoms with Crippen molar-refractivity contribution in [1.29, 1.82) is 0 Å². The first-order valence-electron chi connectivity index (χ1n) is 9.07. The molecular weight excluding hydrogens is 322 g/mol. The normalized spacial score (nSPS) is 21.8. The largest absolute Gasteiger partial charge is 0.351 e. The average Bonchev–Trinajstić information content (AvgIpc) is 3.06. The lowest BCUT2D eigenvalue weighted by Gasteiger charge is -2.20. The third-order valence-corrected chi connectivity index (χ3v) is 5.39. The van der Waals surface area contributed by atoms with Crippen LogP contribution < -0.4 is 10.6 Å². The van der Waals surface area contributed by atoms with E-state index >= 15 is 0 Å². The summed E-state index contributed by atoms with van der Waals surface area (Å²) in [7, 11) is 0. The molecule has 3 fully saturated rings. The molecule has 0 bridgehead atoms. The molecule has 8 nitrogen and oxygen atoms in total. The first-order valence-corrected chi connectivity index (χ1v) is 9.07. The summed E-state index contributed by atoms with van der Waals surface area (Å²) >= 11 is 0. The Balaban J connectivity index is 1.24. The van der Waals surface area contributed by atoms with E-state index in [4.69, 9.17) is 0 Å². The second kappa shape index (κ2) is 6.16. The zero-order chi connectivity index (χ0) is 17.4. The van der Waals surface area contributed by atoms with Gasteiger partial charge in [0.25, 0.3) is 11.8 Å². The van der Waals surface area contributed by atoms with Gasteiger partial charge in [0.15, 0.2) is 0 Å². The molecule has 25 heavy (non-hydrogen) atoms. The van der Waals surface area contributed by atoms with E-state index in [-0.39, 0.29) is 17.8 Å². The summed E-state index contributed by atoms with van der Waals surface area (Å²) in [5, 5.41) is 12.6. The standard InChI is InChI=1S/C17H23N5O3/c23-14(13-10-12(20-21-13)11-4-5-11)18-8-3-9-22-15(24)17(19-16(22)25)6-1-2-7-17/h10-11H,1-9H2,(H,18,23)(H,19,25)(H,20,21). The van der Waals surface area contributed by atoms with Gasteiger partial charge in [-0.15, -0.1) is 0 Å². The molecule has 0 aromatic carbocycles. The zero-order valence-electron chi connectivity index (χ0n) is 14.1. The summed E-state index contributed by atoms with van der Waals surface area (Å²) in [6.45, 7) is 0.717. The fourth-order valence-corrected chi connectivity index (χ4v) is 3.78. The molecule has 1 aromatic rings. The predicted molar refractivity (Wildman–Crippen MR) is 89.0 cm³/mol. The van der Waals surface area contributed by atoms with Crippen molar-refractivity contribution >= 4 is 17.8 Å². The van der Waals surface area contributed by atoms with Gasteiger partial charge in [-0.3, -0.25) is 19.6 Å². The van der Waals surface area contributed by atoms with E-state index in [1.807, 2.05) is 0 Å². The second-order valence-electron chi connectivity index (χ2n) is 7.27. The smallest absolute Gasteiger partial charge is 0.325 e. The van der Waals surface area contributed by atoms with Crippen molar-refractivity contribution in [1.82, 2.24) is 25.7 Å². The molecule has 0 atom stereocenters. The van der Waals surface area contributed by atoms with E-state index in [0.29, 0.717) is 31.1 Å². The Morgan fingerprint density at radius 2 is 2.08 bits per heavy atom. The topological polar surface area (TPSA) is 107 Å². The Morgan fingerprint density at radius 3 is 2.80 bits per heavy atom. The second-order valence-corrected chi connectivity index (χ2v) is 7.27. The van der Waals surface area contributed by atoms with Gasteiger partial charge in [-0.2, -0.15) is 5.10 Å². The number of H-pyrrole nitrogens is 1. The summed E-state index contributed by atoms with van der Waals surface area (Å²) < 4.78 is 0. The van der Waals surface area contributed by atoms with Gasteiger partial charge in [-0.25, -0.2) is 4.79 Å². The number of rotatable bonds is 6. The number of hydrogen-bond acceptors (Lipinski definition) is 4. The molecule has 8 heteroatoms. The molecular formula is C17H23N5O3. The van der Waals surface area contributed by atoms with Crippen LogP contribution in [0.15, 0.2) is 6.07 Å². The van der Waals surface area contributed by atoms with Crippen LogP contribution in [0, 0.1) is 0 Å². The maximum atomic E-state index is 12.5. The van der Waals surface area contributed by atoms with Gasteiger partial charge < -0.3 is 10.6 Å². The van der Waals surface area contributed by atoms with Crippen LogP contribution in [0.1, 0.15) is 67.0 Å². The minimum Gasteiger partial charge on any atom is -0.351 e. The monoisotopic (exact) mass is 345 g/mol. The van der Waals surface area contributed by atoms with Gasteiger partial charge in [-0.1, -0.05) is 12.8 Å². The number of carbonyl (C=O) groups is 3. The molecule has 0 unspecified atom stereocenters. The van der Waals surface area contributed by atoms with Crippen LogP contribution in [0.25, 0.3) is 0 Å². The number of aromatic nitrogens is 2.